The molecule has 4 aromatic rings. The lowest BCUT2D eigenvalue weighted by Crippen LogP contribution is -2.28. The second-order valence-electron chi connectivity index (χ2n) is 8.18. The van der Waals surface area contributed by atoms with Crippen molar-refractivity contribution in [2.24, 2.45) is 0 Å². The van der Waals surface area contributed by atoms with Crippen molar-refractivity contribution in [3.05, 3.63) is 95.9 Å². The van der Waals surface area contributed by atoms with Crippen molar-refractivity contribution in [2.45, 2.75) is 12.8 Å². The number of hydrogen-bond acceptors (Lipinski definition) is 4. The van der Waals surface area contributed by atoms with Crippen molar-refractivity contribution in [2.75, 3.05) is 23.3 Å². The van der Waals surface area contributed by atoms with E-state index < -0.39 is 0 Å². The molecule has 0 fully saturated rings. The molecule has 5 rings (SSSR count). The van der Waals surface area contributed by atoms with Crippen LogP contribution in [0.2, 0.25) is 0 Å². The summed E-state index contributed by atoms with van der Waals surface area (Å²) >= 11 is 0. The number of hydrogen-bond donors (Lipinski definition) is 2. The van der Waals surface area contributed by atoms with Gasteiger partial charge in [0.15, 0.2) is 0 Å². The van der Waals surface area contributed by atoms with Gasteiger partial charge in [0.05, 0.1) is 11.8 Å². The lowest BCUT2D eigenvalue weighted by atomic mass is 10.1. The van der Waals surface area contributed by atoms with E-state index in [1.54, 1.807) is 23.1 Å². The molecule has 0 saturated heterocycles. The van der Waals surface area contributed by atoms with E-state index in [9.17, 15) is 14.4 Å². The first-order chi connectivity index (χ1) is 16.6. The van der Waals surface area contributed by atoms with Crippen molar-refractivity contribution in [3.8, 4) is 0 Å². The number of fused-ring (bicyclic) bond motifs is 2. The highest BCUT2D eigenvalue weighted by Gasteiger charge is 2.26. The van der Waals surface area contributed by atoms with Crippen LogP contribution in [0.4, 0.5) is 11.4 Å². The van der Waals surface area contributed by atoms with Crippen LogP contribution in [-0.4, -0.2) is 30.8 Å². The molecule has 34 heavy (non-hydrogen) atoms. The van der Waals surface area contributed by atoms with Crippen LogP contribution in [0.3, 0.4) is 0 Å². The Hall–Kier alpha value is -4.39. The van der Waals surface area contributed by atoms with Gasteiger partial charge in [0.2, 0.25) is 5.91 Å². The number of rotatable bonds is 6. The van der Waals surface area contributed by atoms with Gasteiger partial charge in [-0.05, 0) is 59.2 Å². The number of carbonyl (C=O) groups excluding carboxylic acids is 3. The summed E-state index contributed by atoms with van der Waals surface area (Å²) in [6.07, 6.45) is 3.78. The lowest BCUT2D eigenvalue weighted by molar-refractivity contribution is -0.116. The molecule has 0 radical (unpaired) electrons. The Morgan fingerprint density at radius 3 is 2.59 bits per heavy atom. The van der Waals surface area contributed by atoms with Gasteiger partial charge in [0.1, 0.15) is 6.26 Å². The summed E-state index contributed by atoms with van der Waals surface area (Å²) in [7, 11) is 0. The fourth-order valence-electron chi connectivity index (χ4n) is 4.18. The standard InChI is InChI=1S/C27H23N3O4/c31-25(9-12-28-26(32)21-6-5-18-3-1-2-4-19(18)15-21)29-23-7-8-24-20(16-23)10-13-30(24)27(33)22-11-14-34-17-22/h1-8,11,14-17H,9-10,12-13H2,(H,28,32)(H,29,31). The van der Waals surface area contributed by atoms with Gasteiger partial charge in [-0.1, -0.05) is 30.3 Å². The molecule has 170 valence electrons. The van der Waals surface area contributed by atoms with Gasteiger partial charge < -0.3 is 20.0 Å². The van der Waals surface area contributed by atoms with Gasteiger partial charge in [-0.2, -0.15) is 0 Å². The molecule has 0 spiro atoms. The minimum atomic E-state index is -0.210. The molecule has 0 bridgehead atoms. The Labute approximate surface area is 196 Å². The van der Waals surface area contributed by atoms with E-state index >= 15 is 0 Å². The monoisotopic (exact) mass is 453 g/mol. The van der Waals surface area contributed by atoms with Crippen LogP contribution in [0.1, 0.15) is 32.7 Å². The van der Waals surface area contributed by atoms with Crippen LogP contribution in [0, 0.1) is 0 Å². The Bertz CT molecular complexity index is 1380. The third-order valence-electron chi connectivity index (χ3n) is 5.92. The van der Waals surface area contributed by atoms with Crippen LogP contribution in [0.5, 0.6) is 0 Å². The van der Waals surface area contributed by atoms with E-state index in [2.05, 4.69) is 10.6 Å². The number of nitrogens with zero attached hydrogens (tertiary/aromatic N) is 1. The fourth-order valence-corrected chi connectivity index (χ4v) is 4.18. The third-order valence-corrected chi connectivity index (χ3v) is 5.92. The van der Waals surface area contributed by atoms with Gasteiger partial charge in [-0.3, -0.25) is 14.4 Å². The average Bonchev–Trinajstić information content (AvgIpc) is 3.53. The number of amides is 3. The average molecular weight is 453 g/mol. The molecule has 7 nitrogen and oxygen atoms in total. The number of nitrogens with one attached hydrogen (secondary N) is 2. The van der Waals surface area contributed by atoms with Crippen LogP contribution in [-0.2, 0) is 11.2 Å². The van der Waals surface area contributed by atoms with E-state index in [0.717, 1.165) is 22.0 Å². The predicted octanol–water partition coefficient (Wildman–Crippen LogP) is 4.39. The summed E-state index contributed by atoms with van der Waals surface area (Å²) in [5.41, 5.74) is 3.58. The summed E-state index contributed by atoms with van der Waals surface area (Å²) in [6.45, 7) is 0.812. The molecule has 0 unspecified atom stereocenters. The first-order valence-electron chi connectivity index (χ1n) is 11.1. The van der Waals surface area contributed by atoms with Gasteiger partial charge in [-0.25, -0.2) is 0 Å². The van der Waals surface area contributed by atoms with Gasteiger partial charge in [0, 0.05) is 36.4 Å². The van der Waals surface area contributed by atoms with Gasteiger partial charge >= 0.3 is 0 Å². The first kappa shape index (κ1) is 21.5. The minimum Gasteiger partial charge on any atom is -0.472 e. The molecule has 7 heteroatoms. The molecule has 1 aromatic heterocycles. The summed E-state index contributed by atoms with van der Waals surface area (Å²) in [6, 6.07) is 20.5. The Morgan fingerprint density at radius 1 is 0.912 bits per heavy atom. The van der Waals surface area contributed by atoms with E-state index in [-0.39, 0.29) is 30.7 Å². The summed E-state index contributed by atoms with van der Waals surface area (Å²) in [5, 5.41) is 7.74. The summed E-state index contributed by atoms with van der Waals surface area (Å²) in [5.74, 6) is -0.506. The van der Waals surface area contributed by atoms with Gasteiger partial charge in [-0.15, -0.1) is 0 Å². The number of furan rings is 1. The molecule has 3 amide bonds. The maximum Gasteiger partial charge on any atom is 0.261 e. The van der Waals surface area contributed by atoms with Crippen molar-refractivity contribution in [1.29, 1.82) is 0 Å². The molecule has 3 aromatic carbocycles. The zero-order valence-electron chi connectivity index (χ0n) is 18.4. The van der Waals surface area contributed by atoms with Crippen molar-refractivity contribution in [3.63, 3.8) is 0 Å². The summed E-state index contributed by atoms with van der Waals surface area (Å²) < 4.78 is 5.01. The molecule has 2 N–H and O–H groups in total. The zero-order valence-corrected chi connectivity index (χ0v) is 18.4. The van der Waals surface area contributed by atoms with Crippen LogP contribution >= 0.6 is 0 Å². The van der Waals surface area contributed by atoms with Crippen molar-refractivity contribution in [1.82, 2.24) is 5.32 Å². The number of anilines is 2. The highest BCUT2D eigenvalue weighted by atomic mass is 16.3. The smallest absolute Gasteiger partial charge is 0.261 e. The van der Waals surface area contributed by atoms with E-state index in [0.29, 0.717) is 29.8 Å². The quantitative estimate of drug-likeness (QED) is 0.453. The molecule has 0 aliphatic carbocycles. The topological polar surface area (TPSA) is 91.7 Å². The molecule has 1 aliphatic rings. The number of benzene rings is 3. The second-order valence-corrected chi connectivity index (χ2v) is 8.18. The Balaban J connectivity index is 1.14. The summed E-state index contributed by atoms with van der Waals surface area (Å²) in [4.78, 5) is 39.2. The molecule has 2 heterocycles. The first-order valence-corrected chi connectivity index (χ1v) is 11.1. The van der Waals surface area contributed by atoms with Crippen molar-refractivity contribution < 1.29 is 18.8 Å². The van der Waals surface area contributed by atoms with Crippen molar-refractivity contribution >= 4 is 39.9 Å². The maximum absolute atomic E-state index is 12.6. The largest absolute Gasteiger partial charge is 0.472 e. The minimum absolute atomic E-state index is 0.105. The molecule has 1 aliphatic heterocycles. The van der Waals surface area contributed by atoms with E-state index in [1.807, 2.05) is 48.5 Å². The molecular formula is C27H23N3O4. The Morgan fingerprint density at radius 2 is 1.76 bits per heavy atom. The second kappa shape index (κ2) is 9.23. The maximum atomic E-state index is 12.6. The lowest BCUT2D eigenvalue weighted by Gasteiger charge is -2.16. The zero-order chi connectivity index (χ0) is 23.5. The Kier molecular flexibility index (Phi) is 5.82. The fraction of sp³-hybridized carbons (Fsp3) is 0.148. The van der Waals surface area contributed by atoms with E-state index in [1.165, 1.54) is 12.5 Å². The molecule has 0 saturated carbocycles. The van der Waals surface area contributed by atoms with Crippen LogP contribution in [0.25, 0.3) is 10.8 Å². The number of carbonyl (C=O) groups is 3. The molecule has 0 atom stereocenters. The highest BCUT2D eigenvalue weighted by molar-refractivity contribution is 6.07. The third kappa shape index (κ3) is 4.41. The highest BCUT2D eigenvalue weighted by Crippen LogP contribution is 2.31. The SMILES string of the molecule is O=C(CCNC(=O)c1ccc2ccccc2c1)Nc1ccc2c(c1)CCN2C(=O)c1ccoc1. The normalized spacial score (nSPS) is 12.4. The predicted molar refractivity (Wildman–Crippen MR) is 130 cm³/mol. The van der Waals surface area contributed by atoms with E-state index in [4.69, 9.17) is 4.42 Å². The van der Waals surface area contributed by atoms with Crippen LogP contribution < -0.4 is 15.5 Å². The van der Waals surface area contributed by atoms with Crippen LogP contribution in [0.15, 0.2) is 83.7 Å². The molecular weight excluding hydrogens is 430 g/mol. The van der Waals surface area contributed by atoms with Gasteiger partial charge in [0.25, 0.3) is 11.8 Å².